The van der Waals surface area contributed by atoms with Crippen molar-refractivity contribution in [3.05, 3.63) is 29.6 Å². The Morgan fingerprint density at radius 3 is 3.06 bits per heavy atom. The second-order valence-electron chi connectivity index (χ2n) is 4.38. The SMILES string of the molecule is N#Cc1cc(F)cc(NC2CCCCNC2)c1. The van der Waals surface area contributed by atoms with E-state index in [1.165, 1.54) is 25.0 Å². The standard InChI is InChI=1S/C13H16FN3/c14-11-5-10(8-15)6-13(7-11)17-12-3-1-2-4-16-9-12/h5-7,12,16-17H,1-4,9H2. The van der Waals surface area contributed by atoms with Gasteiger partial charge in [0, 0.05) is 18.3 Å². The third-order valence-electron chi connectivity index (χ3n) is 2.94. The van der Waals surface area contributed by atoms with Crippen LogP contribution in [0, 0.1) is 17.1 Å². The van der Waals surface area contributed by atoms with E-state index in [2.05, 4.69) is 10.6 Å². The summed E-state index contributed by atoms with van der Waals surface area (Å²) in [5.74, 6) is -0.367. The molecule has 2 rings (SSSR count). The Morgan fingerprint density at radius 2 is 2.24 bits per heavy atom. The molecule has 4 heteroatoms. The Labute approximate surface area is 101 Å². The summed E-state index contributed by atoms with van der Waals surface area (Å²) in [5.41, 5.74) is 1.05. The fourth-order valence-corrected chi connectivity index (χ4v) is 2.12. The minimum absolute atomic E-state index is 0.311. The number of halogens is 1. The predicted octanol–water partition coefficient (Wildman–Crippen LogP) is 2.25. The topological polar surface area (TPSA) is 47.9 Å². The lowest BCUT2D eigenvalue weighted by Crippen LogP contribution is -2.30. The van der Waals surface area contributed by atoms with Crippen LogP contribution < -0.4 is 10.6 Å². The van der Waals surface area contributed by atoms with Crippen LogP contribution >= 0.6 is 0 Å². The third kappa shape index (κ3) is 3.43. The Bertz CT molecular complexity index is 417. The second-order valence-corrected chi connectivity index (χ2v) is 4.38. The van der Waals surface area contributed by atoms with Crippen LogP contribution in [0.1, 0.15) is 24.8 Å². The maximum Gasteiger partial charge on any atom is 0.126 e. The molecule has 1 heterocycles. The molecule has 1 aromatic carbocycles. The summed E-state index contributed by atoms with van der Waals surface area (Å²) in [6, 6.07) is 6.64. The Hall–Kier alpha value is -1.60. The first-order valence-corrected chi connectivity index (χ1v) is 5.96. The molecule has 1 unspecified atom stereocenters. The number of hydrogen-bond donors (Lipinski definition) is 2. The van der Waals surface area contributed by atoms with Crippen LogP contribution in [0.15, 0.2) is 18.2 Å². The number of anilines is 1. The molecule has 90 valence electrons. The molecule has 1 aliphatic heterocycles. The van der Waals surface area contributed by atoms with Crippen molar-refractivity contribution in [3.63, 3.8) is 0 Å². The number of hydrogen-bond acceptors (Lipinski definition) is 3. The van der Waals surface area contributed by atoms with Crippen LogP contribution in [-0.2, 0) is 0 Å². The molecular weight excluding hydrogens is 217 g/mol. The first-order chi connectivity index (χ1) is 8.28. The fourth-order valence-electron chi connectivity index (χ4n) is 2.12. The number of nitriles is 1. The number of rotatable bonds is 2. The Balaban J connectivity index is 2.06. The monoisotopic (exact) mass is 233 g/mol. The molecular formula is C13H16FN3. The van der Waals surface area contributed by atoms with E-state index in [4.69, 9.17) is 5.26 Å². The third-order valence-corrected chi connectivity index (χ3v) is 2.94. The molecule has 0 saturated carbocycles. The van der Waals surface area contributed by atoms with Gasteiger partial charge in [-0.05, 0) is 37.6 Å². The quantitative estimate of drug-likeness (QED) is 0.823. The first-order valence-electron chi connectivity index (χ1n) is 5.96. The van der Waals surface area contributed by atoms with Crippen LogP contribution in [0.5, 0.6) is 0 Å². The van der Waals surface area contributed by atoms with Gasteiger partial charge in [-0.1, -0.05) is 6.42 Å². The summed E-state index contributed by atoms with van der Waals surface area (Å²) in [4.78, 5) is 0. The lowest BCUT2D eigenvalue weighted by molar-refractivity contribution is 0.621. The van der Waals surface area contributed by atoms with Gasteiger partial charge >= 0.3 is 0 Å². The minimum Gasteiger partial charge on any atom is -0.381 e. The molecule has 0 radical (unpaired) electrons. The van der Waals surface area contributed by atoms with Crippen LogP contribution in [0.25, 0.3) is 0 Å². The van der Waals surface area contributed by atoms with Gasteiger partial charge in [-0.15, -0.1) is 0 Å². The molecule has 17 heavy (non-hydrogen) atoms. The van der Waals surface area contributed by atoms with Crippen LogP contribution in [-0.4, -0.2) is 19.1 Å². The molecule has 1 aromatic rings. The molecule has 2 N–H and O–H groups in total. The Kier molecular flexibility index (Phi) is 3.94. The normalized spacial score (nSPS) is 20.4. The summed E-state index contributed by atoms with van der Waals surface area (Å²) in [6.07, 6.45) is 3.43. The summed E-state index contributed by atoms with van der Waals surface area (Å²) >= 11 is 0. The molecule has 0 aromatic heterocycles. The van der Waals surface area contributed by atoms with Crippen LogP contribution in [0.2, 0.25) is 0 Å². The number of nitrogens with zero attached hydrogens (tertiary/aromatic N) is 1. The van der Waals surface area contributed by atoms with Crippen molar-refractivity contribution in [2.45, 2.75) is 25.3 Å². The lowest BCUT2D eigenvalue weighted by Gasteiger charge is -2.17. The van der Waals surface area contributed by atoms with E-state index in [1.807, 2.05) is 6.07 Å². The van der Waals surface area contributed by atoms with E-state index >= 15 is 0 Å². The highest BCUT2D eigenvalue weighted by molar-refractivity contribution is 5.50. The molecule has 3 nitrogen and oxygen atoms in total. The van der Waals surface area contributed by atoms with Gasteiger partial charge in [-0.25, -0.2) is 4.39 Å². The minimum atomic E-state index is -0.367. The molecule has 0 aliphatic carbocycles. The van der Waals surface area contributed by atoms with Crippen molar-refractivity contribution >= 4 is 5.69 Å². The van der Waals surface area contributed by atoms with Gasteiger partial charge < -0.3 is 10.6 Å². The van der Waals surface area contributed by atoms with Gasteiger partial charge in [-0.3, -0.25) is 0 Å². The summed E-state index contributed by atoms with van der Waals surface area (Å²) in [5, 5.41) is 15.4. The van der Waals surface area contributed by atoms with Gasteiger partial charge in [-0.2, -0.15) is 5.26 Å². The zero-order chi connectivity index (χ0) is 12.1. The molecule has 0 amide bonds. The van der Waals surface area contributed by atoms with E-state index in [1.54, 1.807) is 6.07 Å². The molecule has 1 saturated heterocycles. The second kappa shape index (κ2) is 5.65. The average Bonchev–Trinajstić information content (AvgIpc) is 2.57. The Morgan fingerprint density at radius 1 is 1.35 bits per heavy atom. The highest BCUT2D eigenvalue weighted by atomic mass is 19.1. The van der Waals surface area contributed by atoms with Crippen molar-refractivity contribution in [1.82, 2.24) is 5.32 Å². The summed E-state index contributed by atoms with van der Waals surface area (Å²) in [7, 11) is 0. The maximum absolute atomic E-state index is 13.2. The molecule has 0 bridgehead atoms. The van der Waals surface area contributed by atoms with Crippen molar-refractivity contribution in [3.8, 4) is 6.07 Å². The van der Waals surface area contributed by atoms with E-state index in [-0.39, 0.29) is 5.82 Å². The zero-order valence-corrected chi connectivity index (χ0v) is 9.67. The van der Waals surface area contributed by atoms with Gasteiger partial charge in [0.25, 0.3) is 0 Å². The van der Waals surface area contributed by atoms with E-state index in [0.717, 1.165) is 19.5 Å². The number of benzene rings is 1. The van der Waals surface area contributed by atoms with E-state index in [9.17, 15) is 4.39 Å². The predicted molar refractivity (Wildman–Crippen MR) is 65.2 cm³/mol. The van der Waals surface area contributed by atoms with Gasteiger partial charge in [0.05, 0.1) is 11.6 Å². The maximum atomic E-state index is 13.2. The van der Waals surface area contributed by atoms with E-state index in [0.29, 0.717) is 17.3 Å². The van der Waals surface area contributed by atoms with Gasteiger partial charge in [0.15, 0.2) is 0 Å². The summed E-state index contributed by atoms with van der Waals surface area (Å²) < 4.78 is 13.2. The number of nitrogens with one attached hydrogen (secondary N) is 2. The molecule has 1 aliphatic rings. The zero-order valence-electron chi connectivity index (χ0n) is 9.67. The van der Waals surface area contributed by atoms with Crippen molar-refractivity contribution in [2.75, 3.05) is 18.4 Å². The van der Waals surface area contributed by atoms with Crippen molar-refractivity contribution in [2.24, 2.45) is 0 Å². The van der Waals surface area contributed by atoms with Crippen LogP contribution in [0.4, 0.5) is 10.1 Å². The largest absolute Gasteiger partial charge is 0.381 e. The van der Waals surface area contributed by atoms with Crippen molar-refractivity contribution in [1.29, 1.82) is 5.26 Å². The van der Waals surface area contributed by atoms with Crippen molar-refractivity contribution < 1.29 is 4.39 Å². The highest BCUT2D eigenvalue weighted by Crippen LogP contribution is 2.16. The van der Waals surface area contributed by atoms with E-state index < -0.39 is 0 Å². The van der Waals surface area contributed by atoms with Crippen LogP contribution in [0.3, 0.4) is 0 Å². The summed E-state index contributed by atoms with van der Waals surface area (Å²) in [6.45, 7) is 1.93. The fraction of sp³-hybridized carbons (Fsp3) is 0.462. The average molecular weight is 233 g/mol. The smallest absolute Gasteiger partial charge is 0.126 e. The molecule has 1 fully saturated rings. The lowest BCUT2D eigenvalue weighted by atomic mass is 10.1. The molecule has 1 atom stereocenters. The highest BCUT2D eigenvalue weighted by Gasteiger charge is 2.12. The molecule has 0 spiro atoms. The van der Waals surface area contributed by atoms with Gasteiger partial charge in [0.1, 0.15) is 5.82 Å². The first kappa shape index (κ1) is 11.9. The van der Waals surface area contributed by atoms with Gasteiger partial charge in [0.2, 0.25) is 0 Å².